The average molecular weight is 391 g/mol. The van der Waals surface area contributed by atoms with Crippen LogP contribution in [0.15, 0.2) is 0 Å². The van der Waals surface area contributed by atoms with Gasteiger partial charge in [-0.05, 0) is 75.8 Å². The van der Waals surface area contributed by atoms with Crippen LogP contribution in [0.5, 0.6) is 0 Å². The molecule has 0 radical (unpaired) electrons. The number of amides is 3. The van der Waals surface area contributed by atoms with Crippen LogP contribution in [0, 0.1) is 11.3 Å². The summed E-state index contributed by atoms with van der Waals surface area (Å²) in [6, 6.07) is 0.247. The number of piperidine rings is 2. The van der Waals surface area contributed by atoms with E-state index in [1.165, 1.54) is 44.9 Å². The zero-order chi connectivity index (χ0) is 19.4. The molecular formula is C22H38N4O2. The standard InChI is InChI=1S/C22H38N4O2/c27-19-6-5-18(20(25-19)17-7-13-23-14-8-17)24-21(28)26-15-4-11-22(12-16-26)9-2-1-3-10-22/h17-18,20,23H,1-16H2,(H,24,28)(H,25,27)/t18-,20+/m1/s1. The topological polar surface area (TPSA) is 73.5 Å². The molecule has 28 heavy (non-hydrogen) atoms. The normalized spacial score (nSPS) is 31.9. The molecule has 0 bridgehead atoms. The highest BCUT2D eigenvalue weighted by Gasteiger charge is 2.38. The Morgan fingerprint density at radius 1 is 0.964 bits per heavy atom. The fraction of sp³-hybridized carbons (Fsp3) is 0.909. The molecule has 3 N–H and O–H groups in total. The quantitative estimate of drug-likeness (QED) is 0.679. The molecular weight excluding hydrogens is 352 g/mol. The van der Waals surface area contributed by atoms with E-state index in [0.717, 1.165) is 51.9 Å². The molecule has 6 heteroatoms. The largest absolute Gasteiger partial charge is 0.351 e. The summed E-state index contributed by atoms with van der Waals surface area (Å²) in [4.78, 5) is 27.2. The Balaban J connectivity index is 1.35. The van der Waals surface area contributed by atoms with Crippen LogP contribution in [0.2, 0.25) is 0 Å². The highest BCUT2D eigenvalue weighted by Crippen LogP contribution is 2.44. The molecule has 1 aliphatic carbocycles. The van der Waals surface area contributed by atoms with Crippen molar-refractivity contribution in [3.8, 4) is 0 Å². The van der Waals surface area contributed by atoms with E-state index >= 15 is 0 Å². The van der Waals surface area contributed by atoms with Gasteiger partial charge in [-0.25, -0.2) is 4.79 Å². The maximum atomic E-state index is 13.1. The van der Waals surface area contributed by atoms with Gasteiger partial charge in [-0.15, -0.1) is 0 Å². The first kappa shape index (κ1) is 20.0. The lowest BCUT2D eigenvalue weighted by molar-refractivity contribution is -0.124. The summed E-state index contributed by atoms with van der Waals surface area (Å²) in [5.41, 5.74) is 0.504. The molecule has 4 aliphatic rings. The number of carbonyl (C=O) groups is 2. The van der Waals surface area contributed by atoms with Crippen LogP contribution in [-0.2, 0) is 4.79 Å². The van der Waals surface area contributed by atoms with E-state index < -0.39 is 0 Å². The molecule has 2 atom stereocenters. The van der Waals surface area contributed by atoms with Gasteiger partial charge in [0, 0.05) is 19.5 Å². The Labute approximate surface area is 169 Å². The van der Waals surface area contributed by atoms with Gasteiger partial charge in [0.25, 0.3) is 0 Å². The third kappa shape index (κ3) is 4.64. The van der Waals surface area contributed by atoms with Crippen molar-refractivity contribution >= 4 is 11.9 Å². The van der Waals surface area contributed by atoms with Crippen LogP contribution in [-0.4, -0.2) is 55.1 Å². The van der Waals surface area contributed by atoms with Crippen LogP contribution >= 0.6 is 0 Å². The summed E-state index contributed by atoms with van der Waals surface area (Å²) in [5.74, 6) is 0.605. The van der Waals surface area contributed by atoms with Crippen molar-refractivity contribution in [2.45, 2.75) is 89.1 Å². The SMILES string of the molecule is O=C1CC[C@@H](NC(=O)N2CCCC3(CCCCC3)CC2)[C@H](C2CCNCC2)N1. The molecule has 3 saturated heterocycles. The van der Waals surface area contributed by atoms with Crippen LogP contribution in [0.4, 0.5) is 4.79 Å². The monoisotopic (exact) mass is 390 g/mol. The summed E-state index contributed by atoms with van der Waals surface area (Å²) in [6.07, 6.45) is 13.9. The van der Waals surface area contributed by atoms with Gasteiger partial charge in [-0.1, -0.05) is 19.3 Å². The highest BCUT2D eigenvalue weighted by molar-refractivity contribution is 5.79. The summed E-state index contributed by atoms with van der Waals surface area (Å²) in [7, 11) is 0. The van der Waals surface area contributed by atoms with Crippen LogP contribution in [0.1, 0.15) is 77.0 Å². The van der Waals surface area contributed by atoms with E-state index in [4.69, 9.17) is 0 Å². The van der Waals surface area contributed by atoms with Crippen molar-refractivity contribution in [1.82, 2.24) is 20.9 Å². The molecule has 0 unspecified atom stereocenters. The van der Waals surface area contributed by atoms with E-state index in [1.54, 1.807) is 0 Å². The maximum absolute atomic E-state index is 13.1. The van der Waals surface area contributed by atoms with Gasteiger partial charge in [0.05, 0.1) is 12.1 Å². The molecule has 1 spiro atoms. The Morgan fingerprint density at radius 3 is 2.50 bits per heavy atom. The summed E-state index contributed by atoms with van der Waals surface area (Å²) in [5, 5.41) is 9.93. The number of urea groups is 1. The van der Waals surface area contributed by atoms with Crippen molar-refractivity contribution in [2.24, 2.45) is 11.3 Å². The number of hydrogen-bond acceptors (Lipinski definition) is 3. The van der Waals surface area contributed by atoms with E-state index in [0.29, 0.717) is 17.8 Å². The Hall–Kier alpha value is -1.30. The fourth-order valence-corrected chi connectivity index (χ4v) is 6.15. The van der Waals surface area contributed by atoms with Gasteiger partial charge in [-0.2, -0.15) is 0 Å². The van der Waals surface area contributed by atoms with Gasteiger partial charge in [0.15, 0.2) is 0 Å². The lowest BCUT2D eigenvalue weighted by Crippen LogP contribution is -2.61. The zero-order valence-electron chi connectivity index (χ0n) is 17.3. The first-order valence-electron chi connectivity index (χ1n) is 11.7. The van der Waals surface area contributed by atoms with Gasteiger partial charge in [0.2, 0.25) is 5.91 Å². The number of nitrogens with zero attached hydrogens (tertiary/aromatic N) is 1. The van der Waals surface area contributed by atoms with Gasteiger partial charge < -0.3 is 20.9 Å². The minimum absolute atomic E-state index is 0.0696. The fourth-order valence-electron chi connectivity index (χ4n) is 6.15. The maximum Gasteiger partial charge on any atom is 0.317 e. The molecule has 0 aromatic rings. The third-order valence-electron chi connectivity index (χ3n) is 7.89. The van der Waals surface area contributed by atoms with E-state index in [9.17, 15) is 9.59 Å². The van der Waals surface area contributed by atoms with Crippen LogP contribution < -0.4 is 16.0 Å². The van der Waals surface area contributed by atoms with Crippen LogP contribution in [0.25, 0.3) is 0 Å². The second-order valence-electron chi connectivity index (χ2n) is 9.68. The molecule has 6 nitrogen and oxygen atoms in total. The molecule has 0 aromatic heterocycles. The van der Waals surface area contributed by atoms with Crippen molar-refractivity contribution in [3.63, 3.8) is 0 Å². The Morgan fingerprint density at radius 2 is 1.71 bits per heavy atom. The molecule has 4 rings (SSSR count). The number of likely N-dealkylation sites (tertiary alicyclic amines) is 1. The molecule has 3 amide bonds. The molecule has 158 valence electrons. The second kappa shape index (κ2) is 9.02. The number of nitrogens with one attached hydrogen (secondary N) is 3. The van der Waals surface area contributed by atoms with Gasteiger partial charge >= 0.3 is 6.03 Å². The van der Waals surface area contributed by atoms with Crippen molar-refractivity contribution < 1.29 is 9.59 Å². The zero-order valence-corrected chi connectivity index (χ0v) is 17.3. The molecule has 0 aromatic carbocycles. The van der Waals surface area contributed by atoms with Crippen molar-refractivity contribution in [3.05, 3.63) is 0 Å². The van der Waals surface area contributed by atoms with Gasteiger partial charge in [-0.3, -0.25) is 4.79 Å². The predicted molar refractivity (Wildman–Crippen MR) is 110 cm³/mol. The van der Waals surface area contributed by atoms with E-state index in [-0.39, 0.29) is 24.0 Å². The Kier molecular flexibility index (Phi) is 6.44. The Bertz CT molecular complexity index is 555. The summed E-state index contributed by atoms with van der Waals surface area (Å²) in [6.45, 7) is 3.78. The second-order valence-corrected chi connectivity index (χ2v) is 9.68. The first-order chi connectivity index (χ1) is 13.7. The highest BCUT2D eigenvalue weighted by atomic mass is 16.2. The molecule has 3 heterocycles. The number of hydrogen-bond donors (Lipinski definition) is 3. The lowest BCUT2D eigenvalue weighted by atomic mass is 9.69. The third-order valence-corrected chi connectivity index (χ3v) is 7.89. The predicted octanol–water partition coefficient (Wildman–Crippen LogP) is 2.78. The minimum atomic E-state index is 0.0696. The van der Waals surface area contributed by atoms with E-state index in [2.05, 4.69) is 20.9 Å². The average Bonchev–Trinajstić information content (AvgIpc) is 2.93. The molecule has 4 fully saturated rings. The molecule has 3 aliphatic heterocycles. The smallest absolute Gasteiger partial charge is 0.317 e. The van der Waals surface area contributed by atoms with Crippen molar-refractivity contribution in [1.29, 1.82) is 0 Å². The van der Waals surface area contributed by atoms with Crippen LogP contribution in [0.3, 0.4) is 0 Å². The first-order valence-corrected chi connectivity index (χ1v) is 11.7. The number of rotatable bonds is 2. The summed E-state index contributed by atoms with van der Waals surface area (Å²) >= 11 is 0. The lowest BCUT2D eigenvalue weighted by Gasteiger charge is -2.40. The van der Waals surface area contributed by atoms with E-state index in [1.807, 2.05) is 0 Å². The molecule has 1 saturated carbocycles. The number of carbonyl (C=O) groups excluding carboxylic acids is 2. The summed E-state index contributed by atoms with van der Waals surface area (Å²) < 4.78 is 0. The minimum Gasteiger partial charge on any atom is -0.351 e. The van der Waals surface area contributed by atoms with Crippen molar-refractivity contribution in [2.75, 3.05) is 26.2 Å². The van der Waals surface area contributed by atoms with Gasteiger partial charge in [0.1, 0.15) is 0 Å².